The molecule has 0 unspecified atom stereocenters. The highest BCUT2D eigenvalue weighted by Crippen LogP contribution is 2.37. The van der Waals surface area contributed by atoms with Crippen LogP contribution in [0, 0.1) is 24.0 Å². The summed E-state index contributed by atoms with van der Waals surface area (Å²) in [5.41, 5.74) is 0.917. The van der Waals surface area contributed by atoms with Gasteiger partial charge in [-0.3, -0.25) is 14.9 Å². The Labute approximate surface area is 278 Å². The number of halogens is 5. The standard InChI is InChI=1S/C18H13ClF3NO7.C13H18ClNO2/c1-2-28-16(24)9-29-17(25)12-8-11(4-5-14(12)23(26)27)30-15-6-3-10(7-13(15)19)18(20,21)22;1-10-5-4-6-11(2)13(10)15(7-8-17-3)12(16)9-14/h3-8H,2,9H2,1H3;4-6H,7-9H2,1-3H3. The zero-order valence-corrected chi connectivity index (χ0v) is 27.2. The second-order valence-corrected chi connectivity index (χ2v) is 10.1. The van der Waals surface area contributed by atoms with Crippen LogP contribution in [0.15, 0.2) is 54.6 Å². The van der Waals surface area contributed by atoms with E-state index in [9.17, 15) is 37.7 Å². The van der Waals surface area contributed by atoms with E-state index < -0.39 is 46.5 Å². The van der Waals surface area contributed by atoms with Gasteiger partial charge in [-0.2, -0.15) is 13.2 Å². The highest BCUT2D eigenvalue weighted by atomic mass is 35.5. The van der Waals surface area contributed by atoms with E-state index in [1.165, 1.54) is 6.92 Å². The molecule has 0 aromatic heterocycles. The molecule has 0 spiro atoms. The molecule has 11 nitrogen and oxygen atoms in total. The van der Waals surface area contributed by atoms with Crippen LogP contribution in [-0.4, -0.2) is 62.1 Å². The van der Waals surface area contributed by atoms with Crippen LogP contribution in [0.1, 0.15) is 34.0 Å². The number of para-hydroxylation sites is 1. The number of benzene rings is 3. The van der Waals surface area contributed by atoms with Gasteiger partial charge in [0.2, 0.25) is 5.91 Å². The molecule has 0 fully saturated rings. The van der Waals surface area contributed by atoms with Gasteiger partial charge < -0.3 is 23.8 Å². The van der Waals surface area contributed by atoms with E-state index >= 15 is 0 Å². The minimum absolute atomic E-state index is 0.0164. The number of aryl methyl sites for hydroxylation is 2. The summed E-state index contributed by atoms with van der Waals surface area (Å²) < 4.78 is 57.8. The summed E-state index contributed by atoms with van der Waals surface area (Å²) in [5.74, 6) is -2.47. The molecule has 0 aliphatic heterocycles. The van der Waals surface area contributed by atoms with Crippen LogP contribution in [-0.2, 0) is 30.0 Å². The molecule has 3 aromatic rings. The number of nitro groups is 1. The molecule has 0 N–H and O–H groups in total. The highest BCUT2D eigenvalue weighted by Gasteiger charge is 2.31. The van der Waals surface area contributed by atoms with E-state index in [1.54, 1.807) is 12.0 Å². The number of nitrogens with zero attached hydrogens (tertiary/aromatic N) is 2. The second-order valence-electron chi connectivity index (χ2n) is 9.47. The van der Waals surface area contributed by atoms with Crippen LogP contribution in [0.25, 0.3) is 0 Å². The Bertz CT molecular complexity index is 1570. The minimum atomic E-state index is -4.61. The first-order chi connectivity index (χ1) is 22.1. The van der Waals surface area contributed by atoms with Gasteiger partial charge in [-0.25, -0.2) is 9.59 Å². The predicted octanol–water partition coefficient (Wildman–Crippen LogP) is 7.30. The van der Waals surface area contributed by atoms with Crippen LogP contribution in [0.2, 0.25) is 5.02 Å². The van der Waals surface area contributed by atoms with Crippen LogP contribution in [0.3, 0.4) is 0 Å². The largest absolute Gasteiger partial charge is 0.463 e. The number of amides is 1. The molecule has 0 bridgehead atoms. The number of carbonyl (C=O) groups is 3. The quantitative estimate of drug-likeness (QED) is 0.0824. The lowest BCUT2D eigenvalue weighted by molar-refractivity contribution is -0.385. The Balaban J connectivity index is 0.000000382. The zero-order valence-electron chi connectivity index (χ0n) is 25.7. The predicted molar refractivity (Wildman–Crippen MR) is 167 cm³/mol. The number of hydrogen-bond donors (Lipinski definition) is 0. The first-order valence-corrected chi connectivity index (χ1v) is 14.6. The summed E-state index contributed by atoms with van der Waals surface area (Å²) >= 11 is 11.5. The smallest absolute Gasteiger partial charge is 0.416 e. The molecule has 0 saturated heterocycles. The van der Waals surface area contributed by atoms with Crippen LogP contribution in [0.5, 0.6) is 11.5 Å². The Morgan fingerprint density at radius 2 is 1.66 bits per heavy atom. The van der Waals surface area contributed by atoms with Crippen molar-refractivity contribution in [1.29, 1.82) is 0 Å². The lowest BCUT2D eigenvalue weighted by atomic mass is 10.1. The maximum absolute atomic E-state index is 12.7. The molecule has 0 radical (unpaired) electrons. The number of methoxy groups -OCH3 is 1. The third-order valence-electron chi connectivity index (χ3n) is 6.14. The van der Waals surface area contributed by atoms with E-state index in [2.05, 4.69) is 4.74 Å². The Morgan fingerprint density at radius 3 is 2.19 bits per heavy atom. The van der Waals surface area contributed by atoms with Gasteiger partial charge in [-0.05, 0) is 56.2 Å². The summed E-state index contributed by atoms with van der Waals surface area (Å²) in [6.45, 7) is 5.82. The zero-order chi connectivity index (χ0) is 35.3. The molecule has 0 aliphatic carbocycles. The van der Waals surface area contributed by atoms with Crippen molar-refractivity contribution in [1.82, 2.24) is 0 Å². The normalized spacial score (nSPS) is 10.7. The number of nitro benzene ring substituents is 1. The van der Waals surface area contributed by atoms with Crippen LogP contribution < -0.4 is 9.64 Å². The topological polar surface area (TPSA) is 135 Å². The summed E-state index contributed by atoms with van der Waals surface area (Å²) in [4.78, 5) is 47.3. The fourth-order valence-corrected chi connectivity index (χ4v) is 4.40. The third kappa shape index (κ3) is 11.4. The van der Waals surface area contributed by atoms with Gasteiger partial charge in [-0.15, -0.1) is 11.6 Å². The number of ether oxygens (including phenoxy) is 4. The molecule has 0 aliphatic rings. The second kappa shape index (κ2) is 18.1. The maximum Gasteiger partial charge on any atom is 0.416 e. The Morgan fingerprint density at radius 1 is 1.00 bits per heavy atom. The lowest BCUT2D eigenvalue weighted by Crippen LogP contribution is -2.35. The van der Waals surface area contributed by atoms with Crippen molar-refractivity contribution in [3.63, 3.8) is 0 Å². The SMILES string of the molecule is CCOC(=O)COC(=O)c1cc(Oc2ccc(C(F)(F)F)cc2Cl)ccc1[N+](=O)[O-].COCCN(C(=O)CCl)c1c(C)cccc1C. The van der Waals surface area contributed by atoms with E-state index in [0.717, 1.165) is 47.1 Å². The number of carbonyl (C=O) groups excluding carboxylic acids is 3. The molecular weight excluding hydrogens is 672 g/mol. The van der Waals surface area contributed by atoms with Crippen molar-refractivity contribution < 1.29 is 51.4 Å². The van der Waals surface area contributed by atoms with E-state index in [1.807, 2.05) is 32.0 Å². The molecule has 1 amide bonds. The monoisotopic (exact) mass is 702 g/mol. The van der Waals surface area contributed by atoms with Crippen molar-refractivity contribution in [2.24, 2.45) is 0 Å². The van der Waals surface area contributed by atoms with Gasteiger partial charge >= 0.3 is 18.1 Å². The molecule has 16 heteroatoms. The van der Waals surface area contributed by atoms with Gasteiger partial charge in [0, 0.05) is 31.5 Å². The number of alkyl halides is 4. The van der Waals surface area contributed by atoms with E-state index in [4.69, 9.17) is 37.4 Å². The van der Waals surface area contributed by atoms with Crippen molar-refractivity contribution in [2.75, 3.05) is 44.3 Å². The van der Waals surface area contributed by atoms with Crippen molar-refractivity contribution >= 4 is 52.4 Å². The molecule has 3 aromatic carbocycles. The summed E-state index contributed by atoms with van der Waals surface area (Å²) in [5, 5.41) is 10.8. The van der Waals surface area contributed by atoms with Gasteiger partial charge in [0.15, 0.2) is 6.61 Å². The molecule has 0 saturated carbocycles. The van der Waals surface area contributed by atoms with E-state index in [-0.39, 0.29) is 34.9 Å². The average molecular weight is 703 g/mol. The molecule has 0 heterocycles. The van der Waals surface area contributed by atoms with Crippen molar-refractivity contribution in [3.8, 4) is 11.5 Å². The summed E-state index contributed by atoms with van der Waals surface area (Å²) in [7, 11) is 1.62. The molecule has 0 atom stereocenters. The van der Waals surface area contributed by atoms with Crippen molar-refractivity contribution in [3.05, 3.63) is 92.0 Å². The Hall–Kier alpha value is -4.40. The highest BCUT2D eigenvalue weighted by molar-refractivity contribution is 6.32. The summed E-state index contributed by atoms with van der Waals surface area (Å²) in [6.07, 6.45) is -4.61. The lowest BCUT2D eigenvalue weighted by Gasteiger charge is -2.25. The number of rotatable bonds is 12. The minimum Gasteiger partial charge on any atom is -0.463 e. The Kier molecular flexibility index (Phi) is 14.9. The number of esters is 2. The van der Waals surface area contributed by atoms with Crippen molar-refractivity contribution in [2.45, 2.75) is 26.9 Å². The van der Waals surface area contributed by atoms with Gasteiger partial charge in [0.1, 0.15) is 22.9 Å². The molecule has 47 heavy (non-hydrogen) atoms. The van der Waals surface area contributed by atoms with Gasteiger partial charge in [0.05, 0.1) is 28.7 Å². The molecule has 3 rings (SSSR count). The van der Waals surface area contributed by atoms with Gasteiger partial charge in [-0.1, -0.05) is 29.8 Å². The summed E-state index contributed by atoms with van der Waals surface area (Å²) in [6, 6.07) is 11.3. The fourth-order valence-electron chi connectivity index (χ4n) is 4.04. The van der Waals surface area contributed by atoms with Crippen LogP contribution in [0.4, 0.5) is 24.5 Å². The molecular formula is C31H31Cl2F3N2O9. The first kappa shape index (κ1) is 38.8. The number of hydrogen-bond acceptors (Lipinski definition) is 9. The maximum atomic E-state index is 12.7. The fraction of sp³-hybridized carbons (Fsp3) is 0.323. The van der Waals surface area contributed by atoms with Crippen LogP contribution >= 0.6 is 23.2 Å². The van der Waals surface area contributed by atoms with E-state index in [0.29, 0.717) is 19.2 Å². The third-order valence-corrected chi connectivity index (χ3v) is 6.67. The van der Waals surface area contributed by atoms with Gasteiger partial charge in [0.25, 0.3) is 5.69 Å². The number of anilines is 1. The molecule has 254 valence electrons. The average Bonchev–Trinajstić information content (AvgIpc) is 3.01. The first-order valence-electron chi connectivity index (χ1n) is 13.7.